The van der Waals surface area contributed by atoms with Crippen LogP contribution in [0.15, 0.2) is 53.3 Å². The molecule has 1 amide bonds. The van der Waals surface area contributed by atoms with Gasteiger partial charge < -0.3 is 10.1 Å². The Bertz CT molecular complexity index is 1040. The van der Waals surface area contributed by atoms with Crippen LogP contribution in [-0.2, 0) is 11.8 Å². The van der Waals surface area contributed by atoms with E-state index in [2.05, 4.69) is 10.4 Å². The number of para-hydroxylation sites is 1. The van der Waals surface area contributed by atoms with Crippen LogP contribution in [0.2, 0.25) is 0 Å². The van der Waals surface area contributed by atoms with Gasteiger partial charge in [0, 0.05) is 12.4 Å². The Morgan fingerprint density at radius 2 is 1.68 bits per heavy atom. The number of benzene rings is 2. The maximum atomic E-state index is 12.7. The van der Waals surface area contributed by atoms with Gasteiger partial charge in [0.1, 0.15) is 0 Å². The van der Waals surface area contributed by atoms with Gasteiger partial charge >= 0.3 is 5.97 Å². The van der Waals surface area contributed by atoms with E-state index in [1.165, 1.54) is 14.2 Å². The minimum absolute atomic E-state index is 0.0948. The Morgan fingerprint density at radius 1 is 1.04 bits per heavy atom. The molecule has 0 unspecified atom stereocenters. The number of ether oxygens (including phenoxy) is 1. The number of nitrogens with one attached hydrogen (secondary N) is 1. The van der Waals surface area contributed by atoms with E-state index in [9.17, 15) is 14.4 Å². The van der Waals surface area contributed by atoms with Crippen molar-refractivity contribution >= 4 is 28.3 Å². The molecule has 0 spiro atoms. The summed E-state index contributed by atoms with van der Waals surface area (Å²) in [7, 11) is 2.75. The zero-order valence-electron chi connectivity index (χ0n) is 13.6. The molecule has 0 fully saturated rings. The molecule has 0 atom stereocenters. The molecule has 1 heterocycles. The fourth-order valence-corrected chi connectivity index (χ4v) is 2.53. The highest BCUT2D eigenvalue weighted by Crippen LogP contribution is 2.19. The minimum Gasteiger partial charge on any atom is -0.465 e. The molecule has 0 aliphatic carbocycles. The molecule has 3 rings (SSSR count). The number of anilines is 1. The molecule has 0 saturated carbocycles. The minimum atomic E-state index is -0.561. The van der Waals surface area contributed by atoms with Gasteiger partial charge in [0.2, 0.25) is 0 Å². The van der Waals surface area contributed by atoms with E-state index in [1.807, 2.05) is 0 Å². The Hall–Kier alpha value is -3.48. The first-order valence-electron chi connectivity index (χ1n) is 7.47. The molecular formula is C18H15N3O4. The van der Waals surface area contributed by atoms with Crippen molar-refractivity contribution in [2.24, 2.45) is 7.05 Å². The van der Waals surface area contributed by atoms with Crippen LogP contribution in [0.5, 0.6) is 0 Å². The molecule has 0 radical (unpaired) electrons. The molecule has 126 valence electrons. The number of hydrogen-bond acceptors (Lipinski definition) is 5. The molecular weight excluding hydrogens is 322 g/mol. The van der Waals surface area contributed by atoms with Gasteiger partial charge in [-0.15, -0.1) is 0 Å². The second kappa shape index (κ2) is 6.56. The summed E-state index contributed by atoms with van der Waals surface area (Å²) < 4.78 is 5.83. The predicted octanol–water partition coefficient (Wildman–Crippen LogP) is 1.97. The number of carbonyl (C=O) groups is 2. The Balaban J connectivity index is 2.07. The standard InChI is InChI=1S/C18H15N3O4/c1-21-17(23)12-8-4-3-7-11(12)15(20-21)16(22)19-14-10-6-5-9-13(14)18(24)25-2/h3-10H,1-2H3,(H,19,22). The van der Waals surface area contributed by atoms with Gasteiger partial charge in [-0.05, 0) is 18.2 Å². The molecule has 7 nitrogen and oxygen atoms in total. The SMILES string of the molecule is COC(=O)c1ccccc1NC(=O)c1nn(C)c(=O)c2ccccc12. The van der Waals surface area contributed by atoms with E-state index in [4.69, 9.17) is 4.74 Å². The summed E-state index contributed by atoms with van der Waals surface area (Å²) in [6.07, 6.45) is 0. The molecule has 0 aliphatic rings. The summed E-state index contributed by atoms with van der Waals surface area (Å²) in [5, 5.41) is 7.57. The van der Waals surface area contributed by atoms with Crippen molar-refractivity contribution in [3.8, 4) is 0 Å². The summed E-state index contributed by atoms with van der Waals surface area (Å²) >= 11 is 0. The third-order valence-corrected chi connectivity index (χ3v) is 3.75. The van der Waals surface area contributed by atoms with E-state index in [0.717, 1.165) is 4.68 Å². The number of hydrogen-bond donors (Lipinski definition) is 1. The summed E-state index contributed by atoms with van der Waals surface area (Å²) in [5.74, 6) is -1.09. The van der Waals surface area contributed by atoms with E-state index in [0.29, 0.717) is 16.5 Å². The quantitative estimate of drug-likeness (QED) is 0.738. The fourth-order valence-electron chi connectivity index (χ4n) is 2.53. The van der Waals surface area contributed by atoms with Gasteiger partial charge in [-0.1, -0.05) is 30.3 Å². The highest BCUT2D eigenvalue weighted by atomic mass is 16.5. The number of carbonyl (C=O) groups excluding carboxylic acids is 2. The summed E-state index contributed by atoms with van der Waals surface area (Å²) in [6, 6.07) is 13.2. The van der Waals surface area contributed by atoms with Crippen molar-refractivity contribution in [2.75, 3.05) is 12.4 Å². The highest BCUT2D eigenvalue weighted by Gasteiger charge is 2.18. The molecule has 1 aromatic heterocycles. The third kappa shape index (κ3) is 2.99. The number of nitrogens with zero attached hydrogens (tertiary/aromatic N) is 2. The lowest BCUT2D eigenvalue weighted by Gasteiger charge is -2.11. The maximum absolute atomic E-state index is 12.7. The summed E-state index contributed by atoms with van der Waals surface area (Å²) in [6.45, 7) is 0. The van der Waals surface area contributed by atoms with Gasteiger partial charge in [-0.3, -0.25) is 9.59 Å². The number of rotatable bonds is 3. The average Bonchev–Trinajstić information content (AvgIpc) is 2.64. The normalized spacial score (nSPS) is 10.5. The van der Waals surface area contributed by atoms with Crippen molar-refractivity contribution in [3.63, 3.8) is 0 Å². The van der Waals surface area contributed by atoms with Crippen molar-refractivity contribution in [1.29, 1.82) is 0 Å². The fraction of sp³-hybridized carbons (Fsp3) is 0.111. The first-order valence-corrected chi connectivity index (χ1v) is 7.47. The molecule has 0 aliphatic heterocycles. The first kappa shape index (κ1) is 16.4. The molecule has 3 aromatic rings. The van der Waals surface area contributed by atoms with Gasteiger partial charge in [0.15, 0.2) is 5.69 Å². The average molecular weight is 337 g/mol. The topological polar surface area (TPSA) is 90.3 Å². The lowest BCUT2D eigenvalue weighted by Crippen LogP contribution is -2.25. The van der Waals surface area contributed by atoms with Crippen LogP contribution in [-0.4, -0.2) is 28.8 Å². The van der Waals surface area contributed by atoms with Crippen molar-refractivity contribution < 1.29 is 14.3 Å². The summed E-state index contributed by atoms with van der Waals surface area (Å²) in [5.41, 5.74) is 0.339. The third-order valence-electron chi connectivity index (χ3n) is 3.75. The number of aryl methyl sites for hydroxylation is 1. The van der Waals surface area contributed by atoms with Gasteiger partial charge in [-0.2, -0.15) is 5.10 Å². The van der Waals surface area contributed by atoms with Crippen LogP contribution in [0.4, 0.5) is 5.69 Å². The molecule has 0 bridgehead atoms. The van der Waals surface area contributed by atoms with E-state index < -0.39 is 11.9 Å². The van der Waals surface area contributed by atoms with Crippen molar-refractivity contribution in [2.45, 2.75) is 0 Å². The highest BCUT2D eigenvalue weighted by molar-refractivity contribution is 6.12. The smallest absolute Gasteiger partial charge is 0.339 e. The van der Waals surface area contributed by atoms with E-state index >= 15 is 0 Å². The van der Waals surface area contributed by atoms with Gasteiger partial charge in [0.25, 0.3) is 11.5 Å². The van der Waals surface area contributed by atoms with Crippen LogP contribution >= 0.6 is 0 Å². The molecule has 0 saturated heterocycles. The second-order valence-electron chi connectivity index (χ2n) is 5.31. The van der Waals surface area contributed by atoms with Crippen LogP contribution in [0.3, 0.4) is 0 Å². The number of methoxy groups -OCH3 is 1. The Kier molecular flexibility index (Phi) is 4.30. The van der Waals surface area contributed by atoms with Gasteiger partial charge in [-0.25, -0.2) is 9.48 Å². The van der Waals surface area contributed by atoms with E-state index in [-0.39, 0.29) is 16.8 Å². The molecule has 25 heavy (non-hydrogen) atoms. The zero-order valence-corrected chi connectivity index (χ0v) is 13.6. The number of fused-ring (bicyclic) bond motifs is 1. The van der Waals surface area contributed by atoms with Crippen LogP contribution in [0, 0.1) is 0 Å². The number of aromatic nitrogens is 2. The first-order chi connectivity index (χ1) is 12.0. The molecule has 2 aromatic carbocycles. The number of amides is 1. The van der Waals surface area contributed by atoms with Crippen LogP contribution in [0.25, 0.3) is 10.8 Å². The molecule has 7 heteroatoms. The Labute approximate surface area is 142 Å². The second-order valence-corrected chi connectivity index (χ2v) is 5.31. The largest absolute Gasteiger partial charge is 0.465 e. The lowest BCUT2D eigenvalue weighted by molar-refractivity contribution is 0.0602. The molecule has 1 N–H and O–H groups in total. The van der Waals surface area contributed by atoms with Crippen LogP contribution < -0.4 is 10.9 Å². The Morgan fingerprint density at radius 3 is 2.40 bits per heavy atom. The van der Waals surface area contributed by atoms with Crippen LogP contribution in [0.1, 0.15) is 20.8 Å². The predicted molar refractivity (Wildman–Crippen MR) is 92.7 cm³/mol. The summed E-state index contributed by atoms with van der Waals surface area (Å²) in [4.78, 5) is 36.7. The van der Waals surface area contributed by atoms with Gasteiger partial charge in [0.05, 0.1) is 23.7 Å². The van der Waals surface area contributed by atoms with Crippen molar-refractivity contribution in [3.05, 3.63) is 70.1 Å². The zero-order chi connectivity index (χ0) is 18.0. The van der Waals surface area contributed by atoms with E-state index in [1.54, 1.807) is 48.5 Å². The monoisotopic (exact) mass is 337 g/mol. The lowest BCUT2D eigenvalue weighted by atomic mass is 10.1. The number of esters is 1. The van der Waals surface area contributed by atoms with Crippen molar-refractivity contribution in [1.82, 2.24) is 9.78 Å². The maximum Gasteiger partial charge on any atom is 0.339 e.